The molecule has 3 nitrogen and oxygen atoms in total. The Morgan fingerprint density at radius 2 is 1.81 bits per heavy atom. The molecule has 136 valence electrons. The number of aromatic nitrogens is 2. The van der Waals surface area contributed by atoms with Gasteiger partial charge in [0, 0.05) is 42.6 Å². The van der Waals surface area contributed by atoms with Gasteiger partial charge in [0.15, 0.2) is 0 Å². The second kappa shape index (κ2) is 8.04. The lowest BCUT2D eigenvalue weighted by atomic mass is 10.1. The average Bonchev–Trinajstić information content (AvgIpc) is 3.06. The van der Waals surface area contributed by atoms with Crippen LogP contribution in [-0.2, 0) is 13.0 Å². The number of pyridine rings is 1. The van der Waals surface area contributed by atoms with Crippen molar-refractivity contribution in [2.45, 2.75) is 19.4 Å². The number of nitrogens with zero attached hydrogens (tertiary/aromatic N) is 2. The Morgan fingerprint density at radius 1 is 0.963 bits per heavy atom. The highest BCUT2D eigenvalue weighted by Crippen LogP contribution is 2.23. The lowest BCUT2D eigenvalue weighted by molar-refractivity contribution is 0.626. The number of para-hydroxylation sites is 1. The zero-order chi connectivity index (χ0) is 18.5. The Labute approximate surface area is 158 Å². The molecule has 0 saturated heterocycles. The molecule has 2 aromatic heterocycles. The van der Waals surface area contributed by atoms with Crippen molar-refractivity contribution in [2.24, 2.45) is 0 Å². The molecule has 0 unspecified atom stereocenters. The van der Waals surface area contributed by atoms with Crippen molar-refractivity contribution in [3.05, 3.63) is 96.2 Å². The van der Waals surface area contributed by atoms with Gasteiger partial charge in [0.2, 0.25) is 0 Å². The molecule has 1 N–H and O–H groups in total. The summed E-state index contributed by atoms with van der Waals surface area (Å²) in [5.41, 5.74) is 4.72. The van der Waals surface area contributed by atoms with Crippen LogP contribution in [-0.4, -0.2) is 16.1 Å². The van der Waals surface area contributed by atoms with Crippen LogP contribution in [0.5, 0.6) is 0 Å². The van der Waals surface area contributed by atoms with Crippen LogP contribution < -0.4 is 5.32 Å². The third kappa shape index (κ3) is 4.17. The van der Waals surface area contributed by atoms with Crippen LogP contribution in [0.1, 0.15) is 17.5 Å². The van der Waals surface area contributed by atoms with E-state index in [2.05, 4.69) is 45.3 Å². The van der Waals surface area contributed by atoms with Gasteiger partial charge in [-0.15, -0.1) is 0 Å². The van der Waals surface area contributed by atoms with E-state index in [-0.39, 0.29) is 5.82 Å². The third-order valence-electron chi connectivity index (χ3n) is 4.75. The molecule has 0 atom stereocenters. The molecule has 4 rings (SSSR count). The molecular formula is C23H22FN3. The quantitative estimate of drug-likeness (QED) is 0.456. The first-order valence-electron chi connectivity index (χ1n) is 9.25. The van der Waals surface area contributed by atoms with Crippen molar-refractivity contribution in [3.8, 4) is 0 Å². The number of aryl methyl sites for hydroxylation is 1. The number of nitrogens with one attached hydrogen (secondary N) is 1. The van der Waals surface area contributed by atoms with Crippen LogP contribution >= 0.6 is 0 Å². The Kier molecular flexibility index (Phi) is 5.15. The van der Waals surface area contributed by atoms with E-state index >= 15 is 0 Å². The van der Waals surface area contributed by atoms with E-state index in [0.717, 1.165) is 37.2 Å². The molecule has 0 bridgehead atoms. The summed E-state index contributed by atoms with van der Waals surface area (Å²) >= 11 is 0. The first-order valence-corrected chi connectivity index (χ1v) is 9.25. The Balaban J connectivity index is 1.47. The second-order valence-corrected chi connectivity index (χ2v) is 6.70. The molecule has 0 aliphatic carbocycles. The largest absolute Gasteiger partial charge is 0.384 e. The number of halogens is 1. The fourth-order valence-corrected chi connectivity index (χ4v) is 3.42. The van der Waals surface area contributed by atoms with Gasteiger partial charge in [-0.2, -0.15) is 0 Å². The van der Waals surface area contributed by atoms with Gasteiger partial charge in [-0.1, -0.05) is 30.3 Å². The number of rotatable bonds is 7. The maximum absolute atomic E-state index is 13.2. The Morgan fingerprint density at radius 3 is 2.63 bits per heavy atom. The summed E-state index contributed by atoms with van der Waals surface area (Å²) in [6.45, 7) is 1.65. The number of hydrogen-bond donors (Lipinski definition) is 1. The minimum Gasteiger partial charge on any atom is -0.384 e. The molecule has 2 aromatic carbocycles. The molecule has 4 aromatic rings. The number of fused-ring (bicyclic) bond motifs is 1. The van der Waals surface area contributed by atoms with Crippen LogP contribution in [0.2, 0.25) is 0 Å². The minimum atomic E-state index is -0.196. The Hall–Kier alpha value is -3.14. The van der Waals surface area contributed by atoms with Crippen LogP contribution in [0.3, 0.4) is 0 Å². The summed E-state index contributed by atoms with van der Waals surface area (Å²) in [5.74, 6) is -0.196. The molecule has 0 spiro atoms. The molecule has 0 saturated carbocycles. The molecular weight excluding hydrogens is 337 g/mol. The van der Waals surface area contributed by atoms with Crippen LogP contribution in [0.4, 0.5) is 10.1 Å². The highest BCUT2D eigenvalue weighted by molar-refractivity contribution is 5.84. The predicted molar refractivity (Wildman–Crippen MR) is 108 cm³/mol. The lowest BCUT2D eigenvalue weighted by Gasteiger charge is -2.05. The standard InChI is InChI=1S/C23H22FN3/c24-20-11-9-18(10-12-20)16-27-17-19(22-7-1-2-8-23(22)27)5-3-14-26-21-6-4-13-25-15-21/h1-2,4,6-13,15,17,26H,3,5,14,16H2. The van der Waals surface area contributed by atoms with Crippen molar-refractivity contribution in [3.63, 3.8) is 0 Å². The normalized spacial score (nSPS) is 11.0. The van der Waals surface area contributed by atoms with Crippen molar-refractivity contribution >= 4 is 16.6 Å². The number of benzene rings is 2. The van der Waals surface area contributed by atoms with Crippen molar-refractivity contribution in [2.75, 3.05) is 11.9 Å². The summed E-state index contributed by atoms with van der Waals surface area (Å²) < 4.78 is 15.4. The topological polar surface area (TPSA) is 29.9 Å². The maximum Gasteiger partial charge on any atom is 0.123 e. The van der Waals surface area contributed by atoms with Crippen molar-refractivity contribution in [1.82, 2.24) is 9.55 Å². The van der Waals surface area contributed by atoms with Gasteiger partial charge in [0.25, 0.3) is 0 Å². The van der Waals surface area contributed by atoms with E-state index in [9.17, 15) is 4.39 Å². The van der Waals surface area contributed by atoms with E-state index in [1.165, 1.54) is 28.6 Å². The van der Waals surface area contributed by atoms with Gasteiger partial charge in [-0.3, -0.25) is 4.98 Å². The number of anilines is 1. The summed E-state index contributed by atoms with van der Waals surface area (Å²) in [4.78, 5) is 4.12. The zero-order valence-electron chi connectivity index (χ0n) is 15.1. The summed E-state index contributed by atoms with van der Waals surface area (Å²) in [6, 6.07) is 19.2. The van der Waals surface area contributed by atoms with E-state index in [1.807, 2.05) is 30.5 Å². The molecule has 0 aliphatic rings. The maximum atomic E-state index is 13.2. The van der Waals surface area contributed by atoms with Crippen LogP contribution in [0.25, 0.3) is 10.9 Å². The molecule has 0 radical (unpaired) electrons. The zero-order valence-corrected chi connectivity index (χ0v) is 15.1. The van der Waals surface area contributed by atoms with E-state index in [1.54, 1.807) is 6.20 Å². The Bertz CT molecular complexity index is 1010. The molecule has 0 fully saturated rings. The average molecular weight is 359 g/mol. The highest BCUT2D eigenvalue weighted by Gasteiger charge is 2.08. The van der Waals surface area contributed by atoms with Crippen LogP contribution in [0.15, 0.2) is 79.3 Å². The first-order chi connectivity index (χ1) is 13.3. The van der Waals surface area contributed by atoms with Gasteiger partial charge in [-0.25, -0.2) is 4.39 Å². The highest BCUT2D eigenvalue weighted by atomic mass is 19.1. The number of hydrogen-bond acceptors (Lipinski definition) is 2. The van der Waals surface area contributed by atoms with Gasteiger partial charge >= 0.3 is 0 Å². The summed E-state index contributed by atoms with van der Waals surface area (Å²) in [7, 11) is 0. The van der Waals surface area contributed by atoms with Crippen molar-refractivity contribution < 1.29 is 4.39 Å². The monoisotopic (exact) mass is 359 g/mol. The smallest absolute Gasteiger partial charge is 0.123 e. The van der Waals surface area contributed by atoms with Crippen molar-refractivity contribution in [1.29, 1.82) is 0 Å². The molecule has 4 heteroatoms. The second-order valence-electron chi connectivity index (χ2n) is 6.70. The molecule has 0 amide bonds. The third-order valence-corrected chi connectivity index (χ3v) is 4.75. The van der Waals surface area contributed by atoms with E-state index in [4.69, 9.17) is 0 Å². The molecule has 27 heavy (non-hydrogen) atoms. The van der Waals surface area contributed by atoms with Crippen LogP contribution in [0, 0.1) is 5.82 Å². The van der Waals surface area contributed by atoms with Gasteiger partial charge < -0.3 is 9.88 Å². The van der Waals surface area contributed by atoms with Gasteiger partial charge in [-0.05, 0) is 54.3 Å². The minimum absolute atomic E-state index is 0.196. The lowest BCUT2D eigenvalue weighted by Crippen LogP contribution is -2.03. The fraction of sp³-hybridized carbons (Fsp3) is 0.174. The first kappa shape index (κ1) is 17.3. The molecule has 2 heterocycles. The predicted octanol–water partition coefficient (Wildman–Crippen LogP) is 5.27. The van der Waals surface area contributed by atoms with Gasteiger partial charge in [0.1, 0.15) is 5.82 Å². The molecule has 0 aliphatic heterocycles. The van der Waals surface area contributed by atoms with E-state index < -0.39 is 0 Å². The summed E-state index contributed by atoms with van der Waals surface area (Å²) in [6.07, 6.45) is 7.90. The van der Waals surface area contributed by atoms with Gasteiger partial charge in [0.05, 0.1) is 5.69 Å². The SMILES string of the molecule is Fc1ccc(Cn2cc(CCCNc3cccnc3)c3ccccc32)cc1. The van der Waals surface area contributed by atoms with E-state index in [0.29, 0.717) is 0 Å². The summed E-state index contributed by atoms with van der Waals surface area (Å²) in [5, 5.41) is 4.70. The fourth-order valence-electron chi connectivity index (χ4n) is 3.42.